The average Bonchev–Trinajstić information content (AvgIpc) is 2.17. The molecule has 0 saturated heterocycles. The molecule has 0 radical (unpaired) electrons. The molecule has 1 aromatic carbocycles. The molecule has 0 saturated carbocycles. The zero-order chi connectivity index (χ0) is 9.26. The fourth-order valence-electron chi connectivity index (χ4n) is 1.72. The molecule has 0 fully saturated rings. The number of fused-ring (bicyclic) bond motifs is 1. The standard InChI is InChI=1S/C10H11NO2.Na.H/c12-10(13)9-8-4-2-1-3-7(8)5-6-11-9;;/h1-4,9,11H,5-6H2,(H,12,13);;/t9-;;/m0../s1. The van der Waals surface area contributed by atoms with E-state index in [-0.39, 0.29) is 29.6 Å². The van der Waals surface area contributed by atoms with E-state index in [1.54, 1.807) is 0 Å². The fourth-order valence-corrected chi connectivity index (χ4v) is 1.72. The van der Waals surface area contributed by atoms with Gasteiger partial charge in [-0.25, -0.2) is 0 Å². The molecule has 1 heterocycles. The molecule has 0 amide bonds. The summed E-state index contributed by atoms with van der Waals surface area (Å²) in [6.45, 7) is 0.744. The van der Waals surface area contributed by atoms with Crippen molar-refractivity contribution in [2.45, 2.75) is 12.5 Å². The van der Waals surface area contributed by atoms with Gasteiger partial charge in [0, 0.05) is 6.54 Å². The van der Waals surface area contributed by atoms with Gasteiger partial charge in [-0.2, -0.15) is 0 Å². The number of nitrogens with one attached hydrogen (secondary N) is 1. The van der Waals surface area contributed by atoms with Crippen molar-refractivity contribution in [1.29, 1.82) is 0 Å². The second-order valence-corrected chi connectivity index (χ2v) is 3.17. The summed E-state index contributed by atoms with van der Waals surface area (Å²) in [4.78, 5) is 10.9. The number of carboxylic acids is 1. The Bertz CT molecular complexity index is 341. The molecule has 70 valence electrons. The van der Waals surface area contributed by atoms with Gasteiger partial charge in [0.1, 0.15) is 6.04 Å². The molecular weight excluding hydrogens is 189 g/mol. The number of aliphatic carboxylic acids is 1. The van der Waals surface area contributed by atoms with Gasteiger partial charge in [-0.15, -0.1) is 0 Å². The van der Waals surface area contributed by atoms with Crippen LogP contribution in [0.3, 0.4) is 0 Å². The van der Waals surface area contributed by atoms with Crippen molar-refractivity contribution in [1.82, 2.24) is 5.32 Å². The molecule has 0 aliphatic carbocycles. The van der Waals surface area contributed by atoms with E-state index in [4.69, 9.17) is 5.11 Å². The summed E-state index contributed by atoms with van der Waals surface area (Å²) in [6.07, 6.45) is 0.917. The van der Waals surface area contributed by atoms with Crippen LogP contribution in [0.2, 0.25) is 0 Å². The number of hydrogen-bond acceptors (Lipinski definition) is 2. The van der Waals surface area contributed by atoms with Crippen LogP contribution in [0.4, 0.5) is 0 Å². The summed E-state index contributed by atoms with van der Waals surface area (Å²) >= 11 is 0. The first-order valence-electron chi connectivity index (χ1n) is 4.33. The normalized spacial score (nSPS) is 19.3. The number of carboxylic acid groups (broad SMARTS) is 1. The second kappa shape index (κ2) is 4.94. The van der Waals surface area contributed by atoms with Gasteiger partial charge in [0.15, 0.2) is 0 Å². The van der Waals surface area contributed by atoms with E-state index >= 15 is 0 Å². The van der Waals surface area contributed by atoms with Crippen molar-refractivity contribution in [2.75, 3.05) is 6.54 Å². The van der Waals surface area contributed by atoms with Crippen LogP contribution in [-0.2, 0) is 11.2 Å². The topological polar surface area (TPSA) is 49.3 Å². The summed E-state index contributed by atoms with van der Waals surface area (Å²) in [7, 11) is 0. The van der Waals surface area contributed by atoms with Gasteiger partial charge in [-0.3, -0.25) is 4.79 Å². The molecule has 14 heavy (non-hydrogen) atoms. The third-order valence-corrected chi connectivity index (χ3v) is 2.36. The second-order valence-electron chi connectivity index (χ2n) is 3.17. The van der Waals surface area contributed by atoms with E-state index in [1.807, 2.05) is 24.3 Å². The molecule has 0 bridgehead atoms. The van der Waals surface area contributed by atoms with Gasteiger partial charge in [-0.1, -0.05) is 24.3 Å². The van der Waals surface area contributed by atoms with Crippen molar-refractivity contribution < 1.29 is 9.90 Å². The van der Waals surface area contributed by atoms with Crippen molar-refractivity contribution in [3.63, 3.8) is 0 Å². The third-order valence-electron chi connectivity index (χ3n) is 2.36. The molecule has 1 atom stereocenters. The SMILES string of the molecule is O=C(O)[C@H]1NCCc2ccccc21.[NaH]. The van der Waals surface area contributed by atoms with Gasteiger partial charge < -0.3 is 10.4 Å². The van der Waals surface area contributed by atoms with Crippen LogP contribution in [0.25, 0.3) is 0 Å². The third kappa shape index (κ3) is 2.17. The molecule has 3 nitrogen and oxygen atoms in total. The molecular formula is C10H12NNaO2. The maximum atomic E-state index is 10.9. The quantitative estimate of drug-likeness (QED) is 0.643. The van der Waals surface area contributed by atoms with Crippen LogP contribution in [0.1, 0.15) is 17.2 Å². The monoisotopic (exact) mass is 201 g/mol. The van der Waals surface area contributed by atoms with Crippen LogP contribution >= 0.6 is 0 Å². The Kier molecular flexibility index (Phi) is 4.13. The first kappa shape index (κ1) is 11.7. The van der Waals surface area contributed by atoms with E-state index in [0.29, 0.717) is 0 Å². The first-order chi connectivity index (χ1) is 6.29. The van der Waals surface area contributed by atoms with Gasteiger partial charge >= 0.3 is 35.5 Å². The van der Waals surface area contributed by atoms with Gasteiger partial charge in [-0.05, 0) is 17.5 Å². The van der Waals surface area contributed by atoms with E-state index in [1.165, 1.54) is 0 Å². The zero-order valence-corrected chi connectivity index (χ0v) is 7.16. The zero-order valence-electron chi connectivity index (χ0n) is 7.16. The summed E-state index contributed by atoms with van der Waals surface area (Å²) in [6, 6.07) is 7.17. The van der Waals surface area contributed by atoms with Gasteiger partial charge in [0.05, 0.1) is 0 Å². The van der Waals surface area contributed by atoms with Gasteiger partial charge in [0.2, 0.25) is 0 Å². The Labute approximate surface area is 105 Å². The van der Waals surface area contributed by atoms with E-state index in [9.17, 15) is 4.79 Å². The molecule has 0 unspecified atom stereocenters. The van der Waals surface area contributed by atoms with Gasteiger partial charge in [0.25, 0.3) is 0 Å². The molecule has 2 rings (SSSR count). The van der Waals surface area contributed by atoms with Crippen molar-refractivity contribution in [3.05, 3.63) is 35.4 Å². The Morgan fingerprint density at radius 1 is 1.43 bits per heavy atom. The Hall–Kier alpha value is -0.350. The van der Waals surface area contributed by atoms with Crippen LogP contribution in [0.5, 0.6) is 0 Å². The number of carbonyl (C=O) groups is 1. The molecule has 0 spiro atoms. The minimum atomic E-state index is -0.799. The molecule has 0 aromatic heterocycles. The molecule has 1 aromatic rings. The molecule has 4 heteroatoms. The van der Waals surface area contributed by atoms with Crippen LogP contribution in [0.15, 0.2) is 24.3 Å². The number of rotatable bonds is 1. The fraction of sp³-hybridized carbons (Fsp3) is 0.300. The van der Waals surface area contributed by atoms with Crippen molar-refractivity contribution >= 4 is 35.5 Å². The summed E-state index contributed by atoms with van der Waals surface area (Å²) < 4.78 is 0. The molecule has 1 aliphatic rings. The van der Waals surface area contributed by atoms with E-state index < -0.39 is 12.0 Å². The summed E-state index contributed by atoms with van der Waals surface area (Å²) in [5, 5.41) is 11.9. The number of hydrogen-bond donors (Lipinski definition) is 2. The van der Waals surface area contributed by atoms with Crippen molar-refractivity contribution in [3.8, 4) is 0 Å². The summed E-state index contributed by atoms with van der Waals surface area (Å²) in [5.74, 6) is -0.799. The predicted octanol–water partition coefficient (Wildman–Crippen LogP) is 0.309. The van der Waals surface area contributed by atoms with E-state index in [0.717, 1.165) is 24.1 Å². The van der Waals surface area contributed by atoms with E-state index in [2.05, 4.69) is 5.32 Å². The minimum absolute atomic E-state index is 0. The Morgan fingerprint density at radius 2 is 2.14 bits per heavy atom. The van der Waals surface area contributed by atoms with Crippen LogP contribution < -0.4 is 5.32 Å². The van der Waals surface area contributed by atoms with Crippen molar-refractivity contribution in [2.24, 2.45) is 0 Å². The van der Waals surface area contributed by atoms with Crippen LogP contribution in [-0.4, -0.2) is 47.2 Å². The van der Waals surface area contributed by atoms with Crippen LogP contribution in [0, 0.1) is 0 Å². The maximum absolute atomic E-state index is 10.9. The first-order valence-corrected chi connectivity index (χ1v) is 4.33. The number of benzene rings is 1. The molecule has 1 aliphatic heterocycles. The summed E-state index contributed by atoms with van der Waals surface area (Å²) in [5.41, 5.74) is 2.05. The molecule has 2 N–H and O–H groups in total. The Balaban J connectivity index is 0.000000980. The predicted molar refractivity (Wildman–Crippen MR) is 55.7 cm³/mol. The average molecular weight is 201 g/mol. The Morgan fingerprint density at radius 3 is 2.86 bits per heavy atom.